The first-order valence-corrected chi connectivity index (χ1v) is 11.0. The van der Waals surface area contributed by atoms with Gasteiger partial charge in [0.1, 0.15) is 17.5 Å². The smallest absolute Gasteiger partial charge is 0.131 e. The van der Waals surface area contributed by atoms with Crippen LogP contribution in [0.1, 0.15) is 43.0 Å². The van der Waals surface area contributed by atoms with Crippen molar-refractivity contribution >= 4 is 18.2 Å². The fourth-order valence-electron chi connectivity index (χ4n) is 4.67. The molecule has 5 nitrogen and oxygen atoms in total. The predicted octanol–water partition coefficient (Wildman–Crippen LogP) is 5.09. The molecule has 0 spiro atoms. The quantitative estimate of drug-likeness (QED) is 0.626. The van der Waals surface area contributed by atoms with Gasteiger partial charge in [0.2, 0.25) is 0 Å². The molecule has 168 valence electrons. The minimum Gasteiger partial charge on any atom is -0.371 e. The number of piperidine rings is 2. The Morgan fingerprint density at radius 1 is 1.12 bits per heavy atom. The van der Waals surface area contributed by atoms with E-state index < -0.39 is 11.6 Å². The van der Waals surface area contributed by atoms with Crippen molar-refractivity contribution in [3.05, 3.63) is 71.2 Å². The Labute approximate surface area is 188 Å². The molecule has 1 atom stereocenters. The van der Waals surface area contributed by atoms with Crippen LogP contribution in [0.25, 0.3) is 0 Å². The summed E-state index contributed by atoms with van der Waals surface area (Å²) in [5.41, 5.74) is 3.71. The third kappa shape index (κ3) is 4.71. The Morgan fingerprint density at radius 2 is 1.91 bits per heavy atom. The highest BCUT2D eigenvalue weighted by Crippen LogP contribution is 2.35. The molecule has 2 saturated heterocycles. The maximum Gasteiger partial charge on any atom is 0.131 e. The molecule has 4 rings (SSSR count). The van der Waals surface area contributed by atoms with E-state index in [1.807, 2.05) is 31.1 Å². The second kappa shape index (κ2) is 9.59. The fraction of sp³-hybridized carbons (Fsp3) is 0.400. The Morgan fingerprint density at radius 3 is 2.59 bits per heavy atom. The summed E-state index contributed by atoms with van der Waals surface area (Å²) in [6.07, 6.45) is 6.90. The topological polar surface area (TPSA) is 44.1 Å². The zero-order chi connectivity index (χ0) is 22.7. The van der Waals surface area contributed by atoms with Gasteiger partial charge in [0.15, 0.2) is 0 Å². The van der Waals surface area contributed by atoms with Crippen LogP contribution in [0.4, 0.5) is 14.5 Å². The van der Waals surface area contributed by atoms with Crippen molar-refractivity contribution in [3.63, 3.8) is 0 Å². The minimum absolute atomic E-state index is 0.177. The molecule has 32 heavy (non-hydrogen) atoms. The van der Waals surface area contributed by atoms with Crippen molar-refractivity contribution in [3.8, 4) is 0 Å². The Hall–Kier alpha value is -3.09. The third-order valence-corrected chi connectivity index (χ3v) is 6.36. The first-order valence-electron chi connectivity index (χ1n) is 11.0. The average Bonchev–Trinajstić information content (AvgIpc) is 2.78. The number of hydrogen-bond donors (Lipinski definition) is 0. The minimum atomic E-state index is -0.564. The van der Waals surface area contributed by atoms with Gasteiger partial charge >= 0.3 is 0 Å². The maximum absolute atomic E-state index is 14.5. The molecule has 0 saturated carbocycles. The number of rotatable bonds is 4. The molecule has 0 bridgehead atoms. The number of pyridine rings is 1. The Balaban J connectivity index is 1.54. The Kier molecular flexibility index (Phi) is 6.63. The number of nitrogens with zero attached hydrogens (tertiary/aromatic N) is 5. The molecule has 1 unspecified atom stereocenters. The van der Waals surface area contributed by atoms with Crippen LogP contribution in [-0.4, -0.2) is 48.6 Å². The summed E-state index contributed by atoms with van der Waals surface area (Å²) in [4.78, 5) is 17.7. The molecular formula is C25H29F2N5. The van der Waals surface area contributed by atoms with Gasteiger partial charge in [-0.25, -0.2) is 8.78 Å². The van der Waals surface area contributed by atoms with Gasteiger partial charge in [-0.1, -0.05) is 6.07 Å². The molecule has 0 aliphatic carbocycles. The van der Waals surface area contributed by atoms with Gasteiger partial charge in [0, 0.05) is 61.1 Å². The second-order valence-corrected chi connectivity index (χ2v) is 8.49. The highest BCUT2D eigenvalue weighted by molar-refractivity contribution is 5.99. The van der Waals surface area contributed by atoms with Crippen molar-refractivity contribution in [2.45, 2.75) is 44.7 Å². The third-order valence-electron chi connectivity index (χ3n) is 6.36. The first kappa shape index (κ1) is 22.1. The number of anilines is 1. The fourth-order valence-corrected chi connectivity index (χ4v) is 4.67. The van der Waals surface area contributed by atoms with Crippen LogP contribution in [0.5, 0.6) is 0 Å². The summed E-state index contributed by atoms with van der Waals surface area (Å²) in [5, 5.41) is 0. The lowest BCUT2D eigenvalue weighted by atomic mass is 9.91. The predicted molar refractivity (Wildman–Crippen MR) is 125 cm³/mol. The van der Waals surface area contributed by atoms with Gasteiger partial charge < -0.3 is 9.80 Å². The lowest BCUT2D eigenvalue weighted by Crippen LogP contribution is -2.40. The highest BCUT2D eigenvalue weighted by atomic mass is 19.1. The summed E-state index contributed by atoms with van der Waals surface area (Å²) < 4.78 is 27.9. The highest BCUT2D eigenvalue weighted by Gasteiger charge is 2.31. The zero-order valence-corrected chi connectivity index (χ0v) is 18.6. The van der Waals surface area contributed by atoms with Crippen LogP contribution < -0.4 is 4.90 Å². The average molecular weight is 438 g/mol. The standard InChI is InChI=1S/C25H29F2N5/c1-17-14-21(8-11-29-17)32-12-9-20(10-13-32)30-25-18(16-28-2)4-7-24(31(25)3)22-6-5-19(26)15-23(22)27/h5-6,8,11,14-16,20,24H,2,4,7,9-10,12-13H2,1,3H3/b18-16-,30-25?. The summed E-state index contributed by atoms with van der Waals surface area (Å²) in [5.74, 6) is -0.252. The van der Waals surface area contributed by atoms with E-state index in [-0.39, 0.29) is 12.1 Å². The van der Waals surface area contributed by atoms with Crippen molar-refractivity contribution in [2.24, 2.45) is 9.98 Å². The van der Waals surface area contributed by atoms with Gasteiger partial charge in [0.05, 0.1) is 12.1 Å². The number of benzene rings is 1. The summed E-state index contributed by atoms with van der Waals surface area (Å²) >= 11 is 0. The number of aromatic nitrogens is 1. The molecule has 7 heteroatoms. The van der Waals surface area contributed by atoms with E-state index in [0.29, 0.717) is 12.0 Å². The van der Waals surface area contributed by atoms with Crippen LogP contribution in [0, 0.1) is 18.6 Å². The monoisotopic (exact) mass is 437 g/mol. The van der Waals surface area contributed by atoms with Crippen LogP contribution >= 0.6 is 0 Å². The molecule has 0 amide bonds. The lowest BCUT2D eigenvalue weighted by Gasteiger charge is -2.39. The van der Waals surface area contributed by atoms with Gasteiger partial charge in [-0.15, -0.1) is 0 Å². The number of likely N-dealkylation sites (tertiary alicyclic amines) is 1. The van der Waals surface area contributed by atoms with Gasteiger partial charge in [-0.3, -0.25) is 15.0 Å². The van der Waals surface area contributed by atoms with E-state index >= 15 is 0 Å². The van der Waals surface area contributed by atoms with E-state index in [1.165, 1.54) is 11.8 Å². The second-order valence-electron chi connectivity index (χ2n) is 8.49. The SMILES string of the molecule is C=N/C=C1/CCC(c2ccc(F)cc2F)N(C)C1=NC1CCN(c2ccnc(C)c2)CC1. The molecule has 1 aromatic carbocycles. The van der Waals surface area contributed by atoms with E-state index in [2.05, 4.69) is 27.7 Å². The molecule has 1 aromatic heterocycles. The van der Waals surface area contributed by atoms with Crippen LogP contribution in [0.2, 0.25) is 0 Å². The molecule has 2 aromatic rings. The van der Waals surface area contributed by atoms with E-state index in [4.69, 9.17) is 4.99 Å². The molecule has 2 aliphatic heterocycles. The van der Waals surface area contributed by atoms with Crippen LogP contribution in [-0.2, 0) is 0 Å². The lowest BCUT2D eigenvalue weighted by molar-refractivity contribution is 0.321. The van der Waals surface area contributed by atoms with Gasteiger partial charge in [0.25, 0.3) is 0 Å². The van der Waals surface area contributed by atoms with Crippen LogP contribution in [0.3, 0.4) is 0 Å². The number of aliphatic imine (C=N–C) groups is 2. The normalized spacial score (nSPS) is 22.6. The summed E-state index contributed by atoms with van der Waals surface area (Å²) in [7, 11) is 1.93. The van der Waals surface area contributed by atoms with E-state index in [1.54, 1.807) is 12.3 Å². The number of hydrogen-bond acceptors (Lipinski definition) is 4. The number of likely N-dealkylation sites (N-methyl/N-ethyl adjacent to an activating group) is 1. The summed E-state index contributed by atoms with van der Waals surface area (Å²) in [6.45, 7) is 7.44. The number of halogens is 2. The number of amidine groups is 1. The molecule has 0 radical (unpaired) electrons. The van der Waals surface area contributed by atoms with Crippen molar-refractivity contribution in [2.75, 3.05) is 25.0 Å². The Bertz CT molecular complexity index is 1040. The molecule has 3 heterocycles. The largest absolute Gasteiger partial charge is 0.371 e. The molecule has 0 N–H and O–H groups in total. The first-order chi connectivity index (χ1) is 15.5. The molecular weight excluding hydrogens is 408 g/mol. The zero-order valence-electron chi connectivity index (χ0n) is 18.6. The number of aryl methyl sites for hydroxylation is 1. The van der Waals surface area contributed by atoms with E-state index in [9.17, 15) is 8.78 Å². The van der Waals surface area contributed by atoms with Gasteiger partial charge in [-0.05, 0) is 57.5 Å². The molecule has 2 aliphatic rings. The van der Waals surface area contributed by atoms with Crippen molar-refractivity contribution in [1.82, 2.24) is 9.88 Å². The van der Waals surface area contributed by atoms with E-state index in [0.717, 1.165) is 55.5 Å². The van der Waals surface area contributed by atoms with Crippen LogP contribution in [0.15, 0.2) is 58.3 Å². The summed E-state index contributed by atoms with van der Waals surface area (Å²) in [6, 6.07) is 7.95. The van der Waals surface area contributed by atoms with Crippen molar-refractivity contribution < 1.29 is 8.78 Å². The molecule has 2 fully saturated rings. The van der Waals surface area contributed by atoms with Gasteiger partial charge in [-0.2, -0.15) is 0 Å². The van der Waals surface area contributed by atoms with Crippen molar-refractivity contribution in [1.29, 1.82) is 0 Å². The maximum atomic E-state index is 14.5.